The third-order valence-corrected chi connectivity index (χ3v) is 6.77. The van der Waals surface area contributed by atoms with Gasteiger partial charge in [0.15, 0.2) is 0 Å². The normalized spacial score (nSPS) is 23.0. The van der Waals surface area contributed by atoms with Gasteiger partial charge in [-0.2, -0.15) is 0 Å². The lowest BCUT2D eigenvalue weighted by Gasteiger charge is -2.50. The molecule has 2 aromatic rings. The first kappa shape index (κ1) is 16.6. The molecular weight excluding hydrogens is 342 g/mol. The van der Waals surface area contributed by atoms with Crippen molar-refractivity contribution >= 4 is 22.7 Å². The average molecular weight is 366 g/mol. The molecule has 2 aliphatic heterocycles. The molecule has 24 heavy (non-hydrogen) atoms. The van der Waals surface area contributed by atoms with Gasteiger partial charge in [-0.1, -0.05) is 0 Å². The van der Waals surface area contributed by atoms with E-state index in [2.05, 4.69) is 27.2 Å². The van der Waals surface area contributed by atoms with Crippen LogP contribution in [0.25, 0.3) is 0 Å². The molecule has 2 aliphatic rings. The molecule has 0 saturated carbocycles. The van der Waals surface area contributed by atoms with Crippen molar-refractivity contribution in [3.63, 3.8) is 0 Å². The number of thiazole rings is 2. The number of likely N-dealkylation sites (tertiary alicyclic amines) is 1. The Hall–Kier alpha value is -0.860. The molecule has 0 aliphatic carbocycles. The summed E-state index contributed by atoms with van der Waals surface area (Å²) in [6.07, 6.45) is 1.10. The fourth-order valence-corrected chi connectivity index (χ4v) is 5.07. The summed E-state index contributed by atoms with van der Waals surface area (Å²) in [5, 5.41) is 3.18. The van der Waals surface area contributed by atoms with Crippen LogP contribution < -0.4 is 0 Å². The van der Waals surface area contributed by atoms with Crippen molar-refractivity contribution in [3.8, 4) is 0 Å². The third kappa shape index (κ3) is 3.28. The highest BCUT2D eigenvalue weighted by Crippen LogP contribution is 2.41. The van der Waals surface area contributed by atoms with Gasteiger partial charge in [0.2, 0.25) is 0 Å². The lowest BCUT2D eigenvalue weighted by atomic mass is 9.81. The quantitative estimate of drug-likeness (QED) is 0.787. The van der Waals surface area contributed by atoms with E-state index in [9.17, 15) is 0 Å². The van der Waals surface area contributed by atoms with Gasteiger partial charge in [-0.25, -0.2) is 9.97 Å². The molecule has 1 unspecified atom stereocenters. The minimum Gasteiger partial charge on any atom is -0.375 e. The topological polar surface area (TPSA) is 47.5 Å². The van der Waals surface area contributed by atoms with Crippen LogP contribution in [-0.2, 0) is 22.6 Å². The maximum Gasteiger partial charge on any atom is 0.0985 e. The van der Waals surface area contributed by atoms with Gasteiger partial charge in [-0.05, 0) is 20.3 Å². The Morgan fingerprint density at radius 2 is 2.25 bits per heavy atom. The summed E-state index contributed by atoms with van der Waals surface area (Å²) in [4.78, 5) is 12.6. The van der Waals surface area contributed by atoms with E-state index in [0.717, 1.165) is 55.7 Å². The lowest BCUT2D eigenvalue weighted by Crippen LogP contribution is -2.64. The minimum absolute atomic E-state index is 0.0105. The number of ether oxygens (including phenoxy) is 2. The van der Waals surface area contributed by atoms with Crippen LogP contribution in [0.5, 0.6) is 0 Å². The smallest absolute Gasteiger partial charge is 0.0985 e. The second-order valence-electron chi connectivity index (χ2n) is 6.78. The van der Waals surface area contributed by atoms with Crippen molar-refractivity contribution in [1.29, 1.82) is 0 Å². The highest BCUT2D eigenvalue weighted by molar-refractivity contribution is 7.09. The van der Waals surface area contributed by atoms with Crippen LogP contribution in [0.4, 0.5) is 0 Å². The SMILES string of the molecule is Cc1nc(COCC2CCOC23CN(Cc2scnc2C)C3)cs1. The molecule has 1 atom stereocenters. The summed E-state index contributed by atoms with van der Waals surface area (Å²) in [6.45, 7) is 9.36. The molecule has 2 fully saturated rings. The van der Waals surface area contributed by atoms with Crippen molar-refractivity contribution in [2.75, 3.05) is 26.3 Å². The lowest BCUT2D eigenvalue weighted by molar-refractivity contribution is -0.146. The number of hydrogen-bond donors (Lipinski definition) is 0. The molecular formula is C17H23N3O2S2. The van der Waals surface area contributed by atoms with Gasteiger partial charge < -0.3 is 9.47 Å². The molecule has 0 radical (unpaired) electrons. The fraction of sp³-hybridized carbons (Fsp3) is 0.647. The molecule has 4 heterocycles. The molecule has 2 aromatic heterocycles. The maximum absolute atomic E-state index is 6.13. The molecule has 0 amide bonds. The molecule has 0 aromatic carbocycles. The maximum atomic E-state index is 6.13. The first-order chi connectivity index (χ1) is 11.6. The second kappa shape index (κ2) is 6.80. The summed E-state index contributed by atoms with van der Waals surface area (Å²) < 4.78 is 12.1. The zero-order chi connectivity index (χ0) is 16.6. The number of aromatic nitrogens is 2. The number of rotatable bonds is 6. The second-order valence-corrected chi connectivity index (χ2v) is 8.78. The summed E-state index contributed by atoms with van der Waals surface area (Å²) in [5.74, 6) is 0.496. The van der Waals surface area contributed by atoms with E-state index in [0.29, 0.717) is 12.5 Å². The summed E-state index contributed by atoms with van der Waals surface area (Å²) in [6, 6.07) is 0. The van der Waals surface area contributed by atoms with Crippen molar-refractivity contribution < 1.29 is 9.47 Å². The molecule has 4 rings (SSSR count). The monoisotopic (exact) mass is 365 g/mol. The summed E-state index contributed by atoms with van der Waals surface area (Å²) in [7, 11) is 0. The highest BCUT2D eigenvalue weighted by Gasteiger charge is 2.52. The zero-order valence-corrected chi connectivity index (χ0v) is 15.8. The Kier molecular flexibility index (Phi) is 4.70. The first-order valence-electron chi connectivity index (χ1n) is 8.39. The fourth-order valence-electron chi connectivity index (χ4n) is 3.65. The van der Waals surface area contributed by atoms with Crippen LogP contribution in [0, 0.1) is 19.8 Å². The van der Waals surface area contributed by atoms with Crippen molar-refractivity contribution in [1.82, 2.24) is 14.9 Å². The van der Waals surface area contributed by atoms with Gasteiger partial charge in [0, 0.05) is 42.4 Å². The van der Waals surface area contributed by atoms with E-state index in [1.165, 1.54) is 4.88 Å². The van der Waals surface area contributed by atoms with Crippen molar-refractivity contribution in [2.24, 2.45) is 5.92 Å². The predicted octanol–water partition coefficient (Wildman–Crippen LogP) is 3.02. The zero-order valence-electron chi connectivity index (χ0n) is 14.2. The molecule has 0 N–H and O–H groups in total. The number of nitrogens with zero attached hydrogens (tertiary/aromatic N) is 3. The van der Waals surface area contributed by atoms with Crippen LogP contribution in [0.15, 0.2) is 10.9 Å². The van der Waals surface area contributed by atoms with Gasteiger partial charge in [0.25, 0.3) is 0 Å². The van der Waals surface area contributed by atoms with Gasteiger partial charge in [-0.15, -0.1) is 22.7 Å². The average Bonchev–Trinajstić information content (AvgIpc) is 3.22. The van der Waals surface area contributed by atoms with Gasteiger partial charge >= 0.3 is 0 Å². The summed E-state index contributed by atoms with van der Waals surface area (Å²) in [5.41, 5.74) is 4.15. The number of hydrogen-bond acceptors (Lipinski definition) is 7. The van der Waals surface area contributed by atoms with E-state index in [-0.39, 0.29) is 5.60 Å². The minimum atomic E-state index is 0.0105. The highest BCUT2D eigenvalue weighted by atomic mass is 32.1. The Bertz CT molecular complexity index is 694. The predicted molar refractivity (Wildman–Crippen MR) is 95.4 cm³/mol. The Morgan fingerprint density at radius 1 is 1.38 bits per heavy atom. The first-order valence-corrected chi connectivity index (χ1v) is 10.1. The van der Waals surface area contributed by atoms with E-state index >= 15 is 0 Å². The molecule has 2 saturated heterocycles. The van der Waals surface area contributed by atoms with Crippen LogP contribution in [0.3, 0.4) is 0 Å². The standard InChI is InChI=1S/C17H23N3O2S2/c1-12-16(24-11-18-12)5-20-9-17(10-20)14(3-4-22-17)6-21-7-15-8-23-13(2)19-15/h8,11,14H,3-7,9-10H2,1-2H3. The van der Waals surface area contributed by atoms with Crippen LogP contribution in [0.1, 0.15) is 27.7 Å². The van der Waals surface area contributed by atoms with E-state index in [1.54, 1.807) is 22.7 Å². The van der Waals surface area contributed by atoms with Crippen LogP contribution >= 0.6 is 22.7 Å². The van der Waals surface area contributed by atoms with E-state index in [1.807, 2.05) is 12.4 Å². The molecule has 0 bridgehead atoms. The Labute approximate surface area is 150 Å². The molecule has 5 nitrogen and oxygen atoms in total. The largest absolute Gasteiger partial charge is 0.375 e. The molecule has 130 valence electrons. The van der Waals surface area contributed by atoms with Crippen molar-refractivity contribution in [3.05, 3.63) is 32.2 Å². The third-order valence-electron chi connectivity index (χ3n) is 5.03. The van der Waals surface area contributed by atoms with Crippen LogP contribution in [-0.4, -0.2) is 46.8 Å². The van der Waals surface area contributed by atoms with Crippen molar-refractivity contribution in [2.45, 2.75) is 39.0 Å². The number of aryl methyl sites for hydroxylation is 2. The molecule has 7 heteroatoms. The van der Waals surface area contributed by atoms with E-state index < -0.39 is 0 Å². The van der Waals surface area contributed by atoms with Crippen LogP contribution in [0.2, 0.25) is 0 Å². The Balaban J connectivity index is 1.27. The molecule has 1 spiro atoms. The summed E-state index contributed by atoms with van der Waals surface area (Å²) >= 11 is 3.43. The van der Waals surface area contributed by atoms with Gasteiger partial charge in [0.1, 0.15) is 0 Å². The van der Waals surface area contributed by atoms with Gasteiger partial charge in [0.05, 0.1) is 40.7 Å². The van der Waals surface area contributed by atoms with Gasteiger partial charge in [-0.3, -0.25) is 4.90 Å². The Morgan fingerprint density at radius 3 is 2.96 bits per heavy atom. The van der Waals surface area contributed by atoms with E-state index in [4.69, 9.17) is 9.47 Å².